The largest absolute Gasteiger partial charge is 0.506 e. The van der Waals surface area contributed by atoms with Gasteiger partial charge in [-0.3, -0.25) is 9.59 Å². The average molecular weight is 568 g/mol. The third-order valence-corrected chi connectivity index (χ3v) is 7.77. The lowest BCUT2D eigenvalue weighted by Gasteiger charge is -2.39. The van der Waals surface area contributed by atoms with Crippen LogP contribution < -0.4 is 5.32 Å². The Morgan fingerprint density at radius 3 is 2.44 bits per heavy atom. The number of fused-ring (bicyclic) bond motifs is 1. The van der Waals surface area contributed by atoms with Crippen LogP contribution in [0.1, 0.15) is 42.9 Å². The van der Waals surface area contributed by atoms with Crippen LogP contribution >= 0.6 is 11.6 Å². The standard InChI is InChI=1S/C27H29ClF3N3O5/c1-26(24(37)38,14-16-12-19(27(29,30)31)23(36)20(28)13-16)15-22(35)33-9-7-18(8-10-33)34-11-6-17-4-2-3-5-21(17)32-25(34)39/h2-5,12-13,18,36H,6-11,14-15H2,1H3,(H,32,39)(H,37,38)/t26-/m0/s1. The number of hydrogen-bond donors (Lipinski definition) is 3. The van der Waals surface area contributed by atoms with Crippen molar-refractivity contribution in [2.75, 3.05) is 25.0 Å². The number of nitrogens with one attached hydrogen (secondary N) is 1. The summed E-state index contributed by atoms with van der Waals surface area (Å²) in [5.74, 6) is -2.91. The molecule has 4 rings (SSSR count). The fraction of sp³-hybridized carbons (Fsp3) is 0.444. The van der Waals surface area contributed by atoms with Gasteiger partial charge in [0.2, 0.25) is 5.91 Å². The monoisotopic (exact) mass is 567 g/mol. The first-order valence-corrected chi connectivity index (χ1v) is 12.9. The first-order valence-electron chi connectivity index (χ1n) is 12.5. The molecule has 1 saturated heterocycles. The van der Waals surface area contributed by atoms with Crippen molar-refractivity contribution >= 4 is 35.2 Å². The molecular weight excluding hydrogens is 539 g/mol. The second kappa shape index (κ2) is 11.0. The fourth-order valence-corrected chi connectivity index (χ4v) is 5.49. The highest BCUT2D eigenvalue weighted by Gasteiger charge is 2.41. The van der Waals surface area contributed by atoms with Crippen molar-refractivity contribution in [1.29, 1.82) is 0 Å². The normalized spacial score (nSPS) is 18.1. The Hall–Kier alpha value is -3.47. The van der Waals surface area contributed by atoms with E-state index in [1.807, 2.05) is 24.3 Å². The number of para-hydroxylation sites is 1. The number of carbonyl (C=O) groups is 3. The van der Waals surface area contributed by atoms with E-state index in [1.165, 1.54) is 11.8 Å². The van der Waals surface area contributed by atoms with E-state index in [4.69, 9.17) is 11.6 Å². The molecule has 3 amide bonds. The van der Waals surface area contributed by atoms with Crippen molar-refractivity contribution in [3.63, 3.8) is 0 Å². The topological polar surface area (TPSA) is 110 Å². The van der Waals surface area contributed by atoms with Gasteiger partial charge in [-0.25, -0.2) is 4.79 Å². The Morgan fingerprint density at radius 1 is 1.13 bits per heavy atom. The predicted molar refractivity (Wildman–Crippen MR) is 138 cm³/mol. The molecule has 3 N–H and O–H groups in total. The molecule has 0 spiro atoms. The Morgan fingerprint density at radius 2 is 1.79 bits per heavy atom. The van der Waals surface area contributed by atoms with E-state index in [1.54, 1.807) is 4.90 Å². The Bertz CT molecular complexity index is 1280. The molecule has 2 heterocycles. The van der Waals surface area contributed by atoms with Gasteiger partial charge in [-0.1, -0.05) is 29.8 Å². The van der Waals surface area contributed by atoms with Crippen LogP contribution in [-0.4, -0.2) is 63.6 Å². The summed E-state index contributed by atoms with van der Waals surface area (Å²) >= 11 is 5.78. The molecule has 2 aromatic carbocycles. The summed E-state index contributed by atoms with van der Waals surface area (Å²) in [5, 5.41) is 22.0. The molecule has 1 atom stereocenters. The zero-order valence-electron chi connectivity index (χ0n) is 21.2. The number of aliphatic carboxylic acids is 1. The Kier molecular flexibility index (Phi) is 8.02. The van der Waals surface area contributed by atoms with E-state index in [-0.39, 0.29) is 17.6 Å². The van der Waals surface area contributed by atoms with Gasteiger partial charge in [0, 0.05) is 37.8 Å². The van der Waals surface area contributed by atoms with Crippen LogP contribution in [-0.2, 0) is 28.6 Å². The number of carbonyl (C=O) groups excluding carboxylic acids is 2. The fourth-order valence-electron chi connectivity index (χ4n) is 5.25. The van der Waals surface area contributed by atoms with Crippen molar-refractivity contribution in [3.8, 4) is 5.75 Å². The maximum Gasteiger partial charge on any atom is 0.420 e. The maximum absolute atomic E-state index is 13.3. The minimum atomic E-state index is -4.89. The molecule has 0 unspecified atom stereocenters. The molecule has 2 aliphatic heterocycles. The molecule has 0 saturated carbocycles. The van der Waals surface area contributed by atoms with Crippen LogP contribution in [0, 0.1) is 5.41 Å². The highest BCUT2D eigenvalue weighted by molar-refractivity contribution is 6.32. The van der Waals surface area contributed by atoms with E-state index in [9.17, 15) is 37.8 Å². The third kappa shape index (κ3) is 6.24. The van der Waals surface area contributed by atoms with Crippen LogP contribution in [0.3, 0.4) is 0 Å². The number of halogens is 4. The number of phenols is 1. The lowest BCUT2D eigenvalue weighted by Crippen LogP contribution is -2.50. The minimum Gasteiger partial charge on any atom is -0.506 e. The molecule has 1 fully saturated rings. The van der Waals surface area contributed by atoms with Crippen molar-refractivity contribution < 1.29 is 37.8 Å². The second-order valence-corrected chi connectivity index (χ2v) is 10.7. The summed E-state index contributed by atoms with van der Waals surface area (Å²) < 4.78 is 39.9. The molecule has 39 heavy (non-hydrogen) atoms. The summed E-state index contributed by atoms with van der Waals surface area (Å²) in [7, 11) is 0. The molecule has 12 heteroatoms. The summed E-state index contributed by atoms with van der Waals surface area (Å²) in [6.07, 6.45) is -4.00. The highest BCUT2D eigenvalue weighted by Crippen LogP contribution is 2.42. The van der Waals surface area contributed by atoms with E-state index in [2.05, 4.69) is 5.32 Å². The van der Waals surface area contributed by atoms with Crippen LogP contribution in [0.2, 0.25) is 5.02 Å². The number of likely N-dealkylation sites (tertiary alicyclic amines) is 1. The number of urea groups is 1. The van der Waals surface area contributed by atoms with Gasteiger partial charge in [-0.05, 0) is 61.9 Å². The number of piperidine rings is 1. The number of hydrogen-bond acceptors (Lipinski definition) is 4. The van der Waals surface area contributed by atoms with E-state index >= 15 is 0 Å². The number of carboxylic acid groups (broad SMARTS) is 1. The molecule has 0 bridgehead atoms. The van der Waals surface area contributed by atoms with Gasteiger partial charge >= 0.3 is 18.2 Å². The van der Waals surface area contributed by atoms with Crippen molar-refractivity contribution in [3.05, 3.63) is 58.1 Å². The molecule has 0 radical (unpaired) electrons. The lowest BCUT2D eigenvalue weighted by molar-refractivity contribution is -0.153. The summed E-state index contributed by atoms with van der Waals surface area (Å²) in [5.41, 5.74) is -1.32. The van der Waals surface area contributed by atoms with Crippen LogP contribution in [0.5, 0.6) is 5.75 Å². The predicted octanol–water partition coefficient (Wildman–Crippen LogP) is 5.17. The highest BCUT2D eigenvalue weighted by atomic mass is 35.5. The van der Waals surface area contributed by atoms with Crippen LogP contribution in [0.15, 0.2) is 36.4 Å². The van der Waals surface area contributed by atoms with Gasteiger partial charge in [-0.15, -0.1) is 0 Å². The van der Waals surface area contributed by atoms with Gasteiger partial charge in [0.1, 0.15) is 5.75 Å². The number of benzene rings is 2. The number of aromatic hydroxyl groups is 1. The van der Waals surface area contributed by atoms with Crippen molar-refractivity contribution in [1.82, 2.24) is 9.80 Å². The van der Waals surface area contributed by atoms with Crippen molar-refractivity contribution in [2.45, 2.75) is 51.2 Å². The smallest absolute Gasteiger partial charge is 0.420 e. The minimum absolute atomic E-state index is 0.0605. The summed E-state index contributed by atoms with van der Waals surface area (Å²) in [6, 6.07) is 9.04. The van der Waals surface area contributed by atoms with Crippen LogP contribution in [0.25, 0.3) is 0 Å². The number of rotatable bonds is 6. The average Bonchev–Trinajstić information content (AvgIpc) is 3.03. The zero-order valence-corrected chi connectivity index (χ0v) is 22.0. The zero-order chi connectivity index (χ0) is 28.5. The molecule has 8 nitrogen and oxygen atoms in total. The maximum atomic E-state index is 13.3. The summed E-state index contributed by atoms with van der Waals surface area (Å²) in [6.45, 7) is 2.47. The SMILES string of the molecule is C[C@@](CC(=O)N1CCC(N2CCc3ccccc3NC2=O)CC1)(Cc1cc(Cl)c(O)c(C(F)(F)F)c1)C(=O)O. The number of anilines is 1. The number of amides is 3. The van der Waals surface area contributed by atoms with Crippen molar-refractivity contribution in [2.24, 2.45) is 5.41 Å². The van der Waals surface area contributed by atoms with Gasteiger partial charge < -0.3 is 25.3 Å². The molecule has 2 aliphatic rings. The quantitative estimate of drug-likeness (QED) is 0.446. The number of alkyl halides is 3. The molecule has 0 aromatic heterocycles. The van der Waals surface area contributed by atoms with E-state index < -0.39 is 52.6 Å². The summed E-state index contributed by atoms with van der Waals surface area (Å²) in [4.78, 5) is 41.4. The molecule has 2 aromatic rings. The van der Waals surface area contributed by atoms with E-state index in [0.717, 1.165) is 17.3 Å². The second-order valence-electron chi connectivity index (χ2n) is 10.3. The van der Waals surface area contributed by atoms with Gasteiger partial charge in [0.05, 0.1) is 16.0 Å². The van der Waals surface area contributed by atoms with Crippen LogP contribution in [0.4, 0.5) is 23.7 Å². The Labute approximate surface area is 228 Å². The number of phenolic OH excluding ortho intramolecular Hbond substituents is 1. The third-order valence-electron chi connectivity index (χ3n) is 7.48. The molecule has 210 valence electrons. The molecular formula is C27H29ClF3N3O5. The van der Waals surface area contributed by atoms with Gasteiger partial charge in [-0.2, -0.15) is 13.2 Å². The van der Waals surface area contributed by atoms with E-state index in [0.29, 0.717) is 45.0 Å². The van der Waals surface area contributed by atoms with Gasteiger partial charge in [0.25, 0.3) is 0 Å². The number of carboxylic acids is 1. The molecule has 0 aliphatic carbocycles. The van der Waals surface area contributed by atoms with Gasteiger partial charge in [0.15, 0.2) is 0 Å². The number of nitrogens with zero attached hydrogens (tertiary/aromatic N) is 2. The Balaban J connectivity index is 1.40. The first-order chi connectivity index (χ1) is 18.3. The first kappa shape index (κ1) is 28.5. The lowest BCUT2D eigenvalue weighted by atomic mass is 9.79.